The van der Waals surface area contributed by atoms with E-state index in [9.17, 15) is 0 Å². The first-order chi connectivity index (χ1) is 8.36. The van der Waals surface area contributed by atoms with Crippen molar-refractivity contribution in [1.82, 2.24) is 14.7 Å². The summed E-state index contributed by atoms with van der Waals surface area (Å²) in [6.07, 6.45) is 8.91. The van der Waals surface area contributed by atoms with E-state index in [4.69, 9.17) is 0 Å². The van der Waals surface area contributed by atoms with Gasteiger partial charge in [0.2, 0.25) is 0 Å². The fraction of sp³-hybridized carbons (Fsp3) is 0.500. The quantitative estimate of drug-likeness (QED) is 0.534. The monoisotopic (exact) mass is 230 g/mol. The number of nitrogens with zero attached hydrogens (tertiary/aromatic N) is 5. The lowest BCUT2D eigenvalue weighted by atomic mass is 10.2. The molecule has 0 N–H and O–H groups in total. The summed E-state index contributed by atoms with van der Waals surface area (Å²) in [7, 11) is 2.17. The summed E-state index contributed by atoms with van der Waals surface area (Å²) in [5, 5.41) is 0. The third-order valence-electron chi connectivity index (χ3n) is 3.81. The molecule has 0 aliphatic carbocycles. The Labute approximate surface area is 101 Å². The van der Waals surface area contributed by atoms with Crippen molar-refractivity contribution >= 4 is 11.9 Å². The molecule has 0 fully saturated rings. The second kappa shape index (κ2) is 3.12. The Morgan fingerprint density at radius 2 is 2.29 bits per heavy atom. The SMILES string of the molecule is CN1CC[N+]2=C1N1CCN=C1N1C=CC=C[C@@H]12. The highest BCUT2D eigenvalue weighted by Crippen LogP contribution is 2.24. The molecule has 0 unspecified atom stereocenters. The van der Waals surface area contributed by atoms with Gasteiger partial charge in [0.1, 0.15) is 0 Å². The smallest absolute Gasteiger partial charge is 0.269 e. The average molecular weight is 230 g/mol. The van der Waals surface area contributed by atoms with Gasteiger partial charge in [0.15, 0.2) is 6.17 Å². The van der Waals surface area contributed by atoms with Crippen molar-refractivity contribution in [2.24, 2.45) is 4.99 Å². The van der Waals surface area contributed by atoms with Gasteiger partial charge in [0.05, 0.1) is 33.2 Å². The lowest BCUT2D eigenvalue weighted by Crippen LogP contribution is -2.60. The van der Waals surface area contributed by atoms with E-state index in [1.165, 1.54) is 5.96 Å². The average Bonchev–Trinajstić information content (AvgIpc) is 2.96. The zero-order chi connectivity index (χ0) is 11.4. The van der Waals surface area contributed by atoms with Crippen LogP contribution in [-0.2, 0) is 0 Å². The normalized spacial score (nSPS) is 29.6. The molecule has 88 valence electrons. The van der Waals surface area contributed by atoms with Crippen molar-refractivity contribution in [1.29, 1.82) is 0 Å². The first kappa shape index (κ1) is 9.27. The zero-order valence-electron chi connectivity index (χ0n) is 9.95. The highest BCUT2D eigenvalue weighted by atomic mass is 15.6. The van der Waals surface area contributed by atoms with Crippen LogP contribution in [0.5, 0.6) is 0 Å². The van der Waals surface area contributed by atoms with Gasteiger partial charge in [-0.15, -0.1) is 0 Å². The summed E-state index contributed by atoms with van der Waals surface area (Å²) in [6, 6.07) is 0. The van der Waals surface area contributed by atoms with Crippen LogP contribution in [0.3, 0.4) is 0 Å². The van der Waals surface area contributed by atoms with Gasteiger partial charge in [-0.05, 0) is 12.2 Å². The third-order valence-corrected chi connectivity index (χ3v) is 3.81. The first-order valence-electron chi connectivity index (χ1n) is 6.16. The molecule has 0 bridgehead atoms. The molecule has 0 saturated carbocycles. The van der Waals surface area contributed by atoms with Crippen LogP contribution in [0.1, 0.15) is 0 Å². The van der Waals surface area contributed by atoms with Crippen LogP contribution in [0, 0.1) is 0 Å². The summed E-state index contributed by atoms with van der Waals surface area (Å²) in [4.78, 5) is 11.6. The summed E-state index contributed by atoms with van der Waals surface area (Å²) >= 11 is 0. The molecule has 0 aromatic heterocycles. The Morgan fingerprint density at radius 3 is 3.24 bits per heavy atom. The van der Waals surface area contributed by atoms with E-state index in [2.05, 4.69) is 55.7 Å². The third kappa shape index (κ3) is 1.09. The van der Waals surface area contributed by atoms with E-state index in [-0.39, 0.29) is 0 Å². The summed E-state index contributed by atoms with van der Waals surface area (Å²) < 4.78 is 2.46. The number of hydrogen-bond acceptors (Lipinski definition) is 4. The fourth-order valence-electron chi connectivity index (χ4n) is 3.06. The molecule has 5 nitrogen and oxygen atoms in total. The zero-order valence-corrected chi connectivity index (χ0v) is 9.95. The number of hydrogen-bond donors (Lipinski definition) is 0. The summed E-state index contributed by atoms with van der Waals surface area (Å²) in [5.74, 6) is 2.43. The van der Waals surface area contributed by atoms with Gasteiger partial charge in [0.25, 0.3) is 5.96 Å². The van der Waals surface area contributed by atoms with Crippen LogP contribution in [0.25, 0.3) is 0 Å². The van der Waals surface area contributed by atoms with Gasteiger partial charge in [-0.1, -0.05) is 6.08 Å². The van der Waals surface area contributed by atoms with Gasteiger partial charge < -0.3 is 0 Å². The van der Waals surface area contributed by atoms with E-state index in [0.717, 1.165) is 32.1 Å². The second-order valence-corrected chi connectivity index (χ2v) is 4.80. The standard InChI is InChI=1S/C12H16N5/c1-14-8-9-16-10-4-2-3-6-15(10)11-13-5-7-17(11)12(14)16/h2-4,6,10H,5,7-9H2,1H3/q+1/t10-/m0/s1. The second-order valence-electron chi connectivity index (χ2n) is 4.80. The minimum absolute atomic E-state index is 0.313. The number of allylic oxidation sites excluding steroid dienone is 2. The fourth-order valence-corrected chi connectivity index (χ4v) is 3.06. The van der Waals surface area contributed by atoms with Crippen molar-refractivity contribution in [3.63, 3.8) is 0 Å². The summed E-state index contributed by atoms with van der Waals surface area (Å²) in [6.45, 7) is 4.10. The number of rotatable bonds is 0. The lowest BCUT2D eigenvalue weighted by Gasteiger charge is -2.36. The number of fused-ring (bicyclic) bond motifs is 5. The molecule has 4 rings (SSSR count). The highest BCUT2D eigenvalue weighted by molar-refractivity contribution is 5.99. The van der Waals surface area contributed by atoms with Crippen molar-refractivity contribution in [2.45, 2.75) is 6.17 Å². The maximum atomic E-state index is 4.65. The number of likely N-dealkylation sites (N-methyl/N-ethyl adjacent to an activating group) is 1. The van der Waals surface area contributed by atoms with E-state index >= 15 is 0 Å². The minimum atomic E-state index is 0.313. The van der Waals surface area contributed by atoms with Crippen LogP contribution in [-0.4, -0.2) is 70.6 Å². The summed E-state index contributed by atoms with van der Waals surface area (Å²) in [5.41, 5.74) is 0. The molecule has 0 radical (unpaired) electrons. The van der Waals surface area contributed by atoms with Crippen LogP contribution < -0.4 is 0 Å². The molecule has 5 heteroatoms. The number of aliphatic imine (C=N–C) groups is 1. The molecular weight excluding hydrogens is 214 g/mol. The van der Waals surface area contributed by atoms with Crippen molar-refractivity contribution in [3.05, 3.63) is 24.4 Å². The van der Waals surface area contributed by atoms with Crippen LogP contribution in [0.15, 0.2) is 29.4 Å². The molecule has 0 amide bonds. The maximum absolute atomic E-state index is 4.65. The van der Waals surface area contributed by atoms with E-state index in [0.29, 0.717) is 6.17 Å². The molecule has 1 atom stereocenters. The Balaban J connectivity index is 1.89. The molecule has 4 aliphatic rings. The van der Waals surface area contributed by atoms with E-state index in [1.54, 1.807) is 0 Å². The maximum Gasteiger partial charge on any atom is 0.360 e. The van der Waals surface area contributed by atoms with Gasteiger partial charge in [-0.2, -0.15) is 4.90 Å². The minimum Gasteiger partial charge on any atom is -0.269 e. The van der Waals surface area contributed by atoms with Crippen molar-refractivity contribution in [3.8, 4) is 0 Å². The topological polar surface area (TPSA) is 25.1 Å². The molecule has 0 spiro atoms. The van der Waals surface area contributed by atoms with Gasteiger partial charge in [-0.25, -0.2) is 9.57 Å². The Bertz CT molecular complexity index is 487. The van der Waals surface area contributed by atoms with Gasteiger partial charge in [-0.3, -0.25) is 9.80 Å². The first-order valence-corrected chi connectivity index (χ1v) is 6.16. The lowest BCUT2D eigenvalue weighted by molar-refractivity contribution is -0.570. The molecule has 0 saturated heterocycles. The van der Waals surface area contributed by atoms with Crippen LogP contribution >= 0.6 is 0 Å². The molecule has 0 aromatic rings. The Kier molecular flexibility index (Phi) is 1.70. The van der Waals surface area contributed by atoms with Gasteiger partial charge in [0, 0.05) is 6.20 Å². The molecular formula is C12H16N5+. The van der Waals surface area contributed by atoms with E-state index < -0.39 is 0 Å². The Hall–Kier alpha value is -1.78. The number of guanidine groups is 2. The van der Waals surface area contributed by atoms with Crippen molar-refractivity contribution < 1.29 is 4.58 Å². The predicted octanol–water partition coefficient (Wildman–Crippen LogP) is -0.303. The van der Waals surface area contributed by atoms with Crippen molar-refractivity contribution in [2.75, 3.05) is 33.2 Å². The largest absolute Gasteiger partial charge is 0.360 e. The highest BCUT2D eigenvalue weighted by Gasteiger charge is 2.48. The molecule has 4 heterocycles. The van der Waals surface area contributed by atoms with Gasteiger partial charge >= 0.3 is 5.96 Å². The van der Waals surface area contributed by atoms with Crippen LogP contribution in [0.4, 0.5) is 0 Å². The predicted molar refractivity (Wildman–Crippen MR) is 65.7 cm³/mol. The molecule has 17 heavy (non-hydrogen) atoms. The Morgan fingerprint density at radius 1 is 1.35 bits per heavy atom. The van der Waals surface area contributed by atoms with E-state index in [1.807, 2.05) is 0 Å². The molecule has 0 aromatic carbocycles. The molecule has 4 aliphatic heterocycles. The van der Waals surface area contributed by atoms with Crippen LogP contribution in [0.2, 0.25) is 0 Å².